The Bertz CT molecular complexity index is 2120. The van der Waals surface area contributed by atoms with Crippen molar-refractivity contribution in [2.45, 2.75) is 37.8 Å². The number of urea groups is 1. The fourth-order valence-electron chi connectivity index (χ4n) is 4.27. The van der Waals surface area contributed by atoms with E-state index in [0.29, 0.717) is 29.4 Å². The van der Waals surface area contributed by atoms with E-state index in [1.165, 1.54) is 45.6 Å². The van der Waals surface area contributed by atoms with E-state index in [0.717, 1.165) is 42.0 Å². The van der Waals surface area contributed by atoms with Crippen molar-refractivity contribution < 1.29 is 45.5 Å². The molecule has 2 aromatic carbocycles. The van der Waals surface area contributed by atoms with Gasteiger partial charge >= 0.3 is 27.2 Å². The van der Waals surface area contributed by atoms with Gasteiger partial charge in [0.25, 0.3) is 0 Å². The van der Waals surface area contributed by atoms with Crippen LogP contribution in [0, 0.1) is 5.82 Å². The van der Waals surface area contributed by atoms with Gasteiger partial charge in [0.05, 0.1) is 44.8 Å². The third kappa shape index (κ3) is 11.1. The fourth-order valence-corrected chi connectivity index (χ4v) is 6.95. The highest BCUT2D eigenvalue weighted by molar-refractivity contribution is 8.00. The average Bonchev–Trinajstić information content (AvgIpc) is 3.43. The van der Waals surface area contributed by atoms with Crippen LogP contribution in [0.3, 0.4) is 0 Å². The van der Waals surface area contributed by atoms with Crippen molar-refractivity contribution in [2.75, 3.05) is 39.0 Å². The monoisotopic (exact) mass is 801 g/mol. The summed E-state index contributed by atoms with van der Waals surface area (Å²) < 4.78 is 68.1. The highest BCUT2D eigenvalue weighted by Gasteiger charge is 2.21. The summed E-state index contributed by atoms with van der Waals surface area (Å²) in [5.41, 5.74) is 0.0829. The number of carbonyl (C=O) groups is 2. The van der Waals surface area contributed by atoms with E-state index in [1.54, 1.807) is 33.1 Å². The number of aromatic nitrogens is 4. The molecule has 5 rings (SSSR count). The SMILES string of the molecule is CCOc1ccccc1OS(=O)(=O)NC(=O)Nc1nc(OC)cc(OC)n1.COC(=O)CSc1cc(N=c2sc(=O)n3n2CCCC3)c(F)cc1Cl. The summed E-state index contributed by atoms with van der Waals surface area (Å²) >= 11 is 8.17. The van der Waals surface area contributed by atoms with Gasteiger partial charge in [0.15, 0.2) is 11.5 Å². The van der Waals surface area contributed by atoms with Crippen molar-refractivity contribution in [1.29, 1.82) is 0 Å². The molecule has 2 N–H and O–H groups in total. The Hall–Kier alpha value is -4.86. The van der Waals surface area contributed by atoms with Crippen LogP contribution in [0.4, 0.5) is 20.8 Å². The average molecular weight is 802 g/mol. The Morgan fingerprint density at radius 2 is 1.69 bits per heavy atom. The molecule has 2 aromatic heterocycles. The number of benzene rings is 2. The predicted molar refractivity (Wildman–Crippen MR) is 190 cm³/mol. The molecule has 0 aliphatic carbocycles. The van der Waals surface area contributed by atoms with Gasteiger partial charge < -0.3 is 23.1 Å². The molecule has 280 valence electrons. The second-order valence-corrected chi connectivity index (χ2v) is 13.7. The number of hydrogen-bond donors (Lipinski definition) is 2. The Balaban J connectivity index is 0.000000233. The van der Waals surface area contributed by atoms with E-state index in [9.17, 15) is 27.2 Å². The second kappa shape index (κ2) is 18.6. The fraction of sp³-hybridized carbons (Fsp3) is 0.333. The zero-order chi connectivity index (χ0) is 37.8. The van der Waals surface area contributed by atoms with E-state index in [4.69, 9.17) is 30.0 Å². The number of methoxy groups -OCH3 is 3. The largest absolute Gasteiger partial charge is 0.490 e. The summed E-state index contributed by atoms with van der Waals surface area (Å²) in [6, 6.07) is 9.02. The van der Waals surface area contributed by atoms with Crippen molar-refractivity contribution in [3.8, 4) is 23.3 Å². The summed E-state index contributed by atoms with van der Waals surface area (Å²) in [6.45, 7) is 3.37. The van der Waals surface area contributed by atoms with Crippen molar-refractivity contribution in [3.63, 3.8) is 0 Å². The van der Waals surface area contributed by atoms with Crippen molar-refractivity contribution in [3.05, 3.63) is 67.8 Å². The molecule has 3 heterocycles. The molecule has 2 amide bonds. The van der Waals surface area contributed by atoms with Crippen LogP contribution in [0.2, 0.25) is 5.02 Å². The van der Waals surface area contributed by atoms with Crippen molar-refractivity contribution in [2.24, 2.45) is 4.99 Å². The Morgan fingerprint density at radius 3 is 2.33 bits per heavy atom. The molecular weight excluding hydrogens is 769 g/mol. The standard InChI is InChI=1S/C15H15ClFN3O3S2.C15H18N4O7S/c1-23-13(21)8-24-12-7-11(10(17)6-9(12)16)18-14-19-4-2-3-5-20(19)15(22)25-14;1-4-25-10-7-5-6-8-11(10)26-27(21,22)19-15(20)18-14-16-12(23-2)9-13(17-14)24-3/h6-7H,2-5,8H2,1H3;5-9H,4H2,1-3H3,(H2,16,17,18,19,20). The Kier molecular flexibility index (Phi) is 14.3. The Labute approximate surface area is 309 Å². The molecule has 0 unspecified atom stereocenters. The zero-order valence-electron chi connectivity index (χ0n) is 28.1. The molecule has 0 radical (unpaired) electrons. The van der Waals surface area contributed by atoms with Gasteiger partial charge in [-0.25, -0.2) is 23.6 Å². The van der Waals surface area contributed by atoms with Gasteiger partial charge in [-0.15, -0.1) is 11.8 Å². The maximum Gasteiger partial charge on any atom is 0.411 e. The van der Waals surface area contributed by atoms with Crippen LogP contribution < -0.4 is 38.1 Å². The molecule has 1 aliphatic rings. The lowest BCUT2D eigenvalue weighted by Gasteiger charge is -2.15. The Morgan fingerprint density at radius 1 is 1.04 bits per heavy atom. The number of thioether (sulfide) groups is 1. The minimum absolute atomic E-state index is 0.0605. The molecule has 0 fully saturated rings. The summed E-state index contributed by atoms with van der Waals surface area (Å²) in [5, 5.41) is 2.35. The van der Waals surface area contributed by atoms with Crippen LogP contribution in [0.1, 0.15) is 19.8 Å². The molecular formula is C30H33ClFN7O10S3. The van der Waals surface area contributed by atoms with E-state index < -0.39 is 28.1 Å². The van der Waals surface area contributed by atoms with Gasteiger partial charge in [-0.05, 0) is 55.4 Å². The smallest absolute Gasteiger partial charge is 0.411 e. The number of halogens is 2. The first kappa shape index (κ1) is 39.9. The first-order chi connectivity index (χ1) is 24.9. The minimum Gasteiger partial charge on any atom is -0.490 e. The van der Waals surface area contributed by atoms with Crippen LogP contribution in [0.15, 0.2) is 57.1 Å². The highest BCUT2D eigenvalue weighted by Crippen LogP contribution is 2.33. The van der Waals surface area contributed by atoms with E-state index >= 15 is 0 Å². The third-order valence-corrected chi connectivity index (χ3v) is 9.73. The van der Waals surface area contributed by atoms with Crippen LogP contribution >= 0.6 is 34.7 Å². The number of carbonyl (C=O) groups excluding carboxylic acids is 2. The number of hydrogen-bond acceptors (Lipinski definition) is 15. The lowest BCUT2D eigenvalue weighted by Crippen LogP contribution is -2.37. The number of fused-ring (bicyclic) bond motifs is 1. The number of rotatable bonds is 12. The van der Waals surface area contributed by atoms with Gasteiger partial charge in [-0.3, -0.25) is 19.6 Å². The molecule has 1 aliphatic heterocycles. The van der Waals surface area contributed by atoms with Crippen LogP contribution in [0.5, 0.6) is 23.3 Å². The first-order valence-electron chi connectivity index (χ1n) is 15.1. The topological polar surface area (TPSA) is 204 Å². The summed E-state index contributed by atoms with van der Waals surface area (Å²) in [6.07, 6.45) is 1.90. The lowest BCUT2D eigenvalue weighted by atomic mass is 10.3. The molecule has 52 heavy (non-hydrogen) atoms. The molecule has 0 spiro atoms. The number of para-hydroxylation sites is 2. The van der Waals surface area contributed by atoms with Crippen LogP contribution in [0.25, 0.3) is 0 Å². The number of nitrogens with one attached hydrogen (secondary N) is 2. The lowest BCUT2D eigenvalue weighted by molar-refractivity contribution is -0.137. The third-order valence-electron chi connectivity index (χ3n) is 6.57. The predicted octanol–water partition coefficient (Wildman–Crippen LogP) is 4.13. The van der Waals surface area contributed by atoms with Gasteiger partial charge in [0.2, 0.25) is 22.5 Å². The number of amides is 2. The zero-order valence-corrected chi connectivity index (χ0v) is 31.3. The normalized spacial score (nSPS) is 12.5. The number of ether oxygens (including phenoxy) is 4. The quantitative estimate of drug-likeness (QED) is 0.153. The van der Waals surface area contributed by atoms with E-state index in [-0.39, 0.29) is 50.5 Å². The van der Waals surface area contributed by atoms with Gasteiger partial charge in [-0.1, -0.05) is 23.7 Å². The summed E-state index contributed by atoms with van der Waals surface area (Å²) in [4.78, 5) is 48.2. The van der Waals surface area contributed by atoms with Gasteiger partial charge in [0, 0.05) is 18.0 Å². The summed E-state index contributed by atoms with van der Waals surface area (Å²) in [5.74, 6) is -0.782. The number of esters is 1. The highest BCUT2D eigenvalue weighted by atomic mass is 35.5. The van der Waals surface area contributed by atoms with E-state index in [1.807, 2.05) is 0 Å². The van der Waals surface area contributed by atoms with E-state index in [2.05, 4.69) is 25.0 Å². The summed E-state index contributed by atoms with van der Waals surface area (Å²) in [7, 11) is -0.468. The molecule has 17 nitrogen and oxygen atoms in total. The minimum atomic E-state index is -4.49. The first-order valence-corrected chi connectivity index (χ1v) is 18.7. The molecule has 4 aromatic rings. The molecule has 0 saturated heterocycles. The number of anilines is 1. The van der Waals surface area contributed by atoms with Crippen LogP contribution in [-0.4, -0.2) is 73.4 Å². The number of nitrogens with zero attached hydrogens (tertiary/aromatic N) is 5. The maximum atomic E-state index is 14.3. The van der Waals surface area contributed by atoms with Gasteiger partial charge in [-0.2, -0.15) is 18.4 Å². The van der Waals surface area contributed by atoms with Crippen molar-refractivity contribution in [1.82, 2.24) is 24.1 Å². The van der Waals surface area contributed by atoms with Crippen LogP contribution in [-0.2, 0) is 32.9 Å². The second-order valence-electron chi connectivity index (χ2n) is 10.1. The van der Waals surface area contributed by atoms with Gasteiger partial charge in [0.1, 0.15) is 11.5 Å². The molecule has 22 heteroatoms. The maximum absolute atomic E-state index is 14.3. The molecule has 0 bridgehead atoms. The molecule has 0 saturated carbocycles. The van der Waals surface area contributed by atoms with Crippen molar-refractivity contribution >= 4 is 68.6 Å². The molecule has 0 atom stereocenters.